The summed E-state index contributed by atoms with van der Waals surface area (Å²) in [6, 6.07) is 16.3. The average molecular weight is 498 g/mol. The number of benzene rings is 1. The second kappa shape index (κ2) is 10.9. The number of rotatable bonds is 8. The number of imidazole rings is 1. The number of hydrogen-bond acceptors (Lipinski definition) is 5. The molecule has 0 bridgehead atoms. The first kappa shape index (κ1) is 26.6. The Morgan fingerprint density at radius 2 is 1.41 bits per heavy atom. The Morgan fingerprint density at radius 3 is 1.92 bits per heavy atom. The maximum atomic E-state index is 11.3. The summed E-state index contributed by atoms with van der Waals surface area (Å²) in [5, 5.41) is 11.3. The fourth-order valence-corrected chi connectivity index (χ4v) is 4.37. The largest absolute Gasteiger partial charge is 0.505 e. The van der Waals surface area contributed by atoms with E-state index in [1.165, 1.54) is 5.56 Å². The van der Waals surface area contributed by atoms with Gasteiger partial charge in [-0.2, -0.15) is 0 Å². The summed E-state index contributed by atoms with van der Waals surface area (Å²) in [6.07, 6.45) is 8.29. The molecule has 0 unspecified atom stereocenters. The third kappa shape index (κ3) is 6.83. The Balaban J connectivity index is 1.57. The van der Waals surface area contributed by atoms with E-state index in [2.05, 4.69) is 80.7 Å². The molecule has 4 aromatic rings. The van der Waals surface area contributed by atoms with Gasteiger partial charge in [0, 0.05) is 50.2 Å². The lowest BCUT2D eigenvalue weighted by atomic mass is 9.79. The normalized spacial score (nSPS) is 12.3. The van der Waals surface area contributed by atoms with Crippen molar-refractivity contribution < 1.29 is 5.11 Å². The molecule has 3 heterocycles. The van der Waals surface area contributed by atoms with Crippen molar-refractivity contribution in [2.24, 2.45) is 0 Å². The SMILES string of the molecule is CC(C)(C)c1cc(-n2cnc(CCN(Cc3ccccn3)Cc3ccccn3)c2)c(O)c(C(C)(C)C)c1. The molecular formula is C31H39N5O. The molecule has 0 aliphatic rings. The summed E-state index contributed by atoms with van der Waals surface area (Å²) in [7, 11) is 0. The number of nitrogens with zero attached hydrogens (tertiary/aromatic N) is 5. The van der Waals surface area contributed by atoms with Gasteiger partial charge >= 0.3 is 0 Å². The summed E-state index contributed by atoms with van der Waals surface area (Å²) in [4.78, 5) is 16.1. The fraction of sp³-hybridized carbons (Fsp3) is 0.387. The van der Waals surface area contributed by atoms with Crippen LogP contribution in [0.2, 0.25) is 0 Å². The smallest absolute Gasteiger partial charge is 0.143 e. The lowest BCUT2D eigenvalue weighted by Crippen LogP contribution is -2.26. The molecule has 0 saturated carbocycles. The molecule has 194 valence electrons. The van der Waals surface area contributed by atoms with E-state index in [9.17, 15) is 5.11 Å². The highest BCUT2D eigenvalue weighted by atomic mass is 16.3. The first-order valence-electron chi connectivity index (χ1n) is 12.9. The van der Waals surface area contributed by atoms with Gasteiger partial charge in [0.1, 0.15) is 5.75 Å². The van der Waals surface area contributed by atoms with Gasteiger partial charge in [-0.05, 0) is 46.7 Å². The van der Waals surface area contributed by atoms with E-state index in [0.717, 1.165) is 54.4 Å². The van der Waals surface area contributed by atoms with Crippen molar-refractivity contribution in [1.82, 2.24) is 24.4 Å². The van der Waals surface area contributed by atoms with Gasteiger partial charge in [-0.1, -0.05) is 59.7 Å². The van der Waals surface area contributed by atoms with E-state index in [-0.39, 0.29) is 10.8 Å². The highest BCUT2D eigenvalue weighted by molar-refractivity contribution is 5.57. The molecule has 0 spiro atoms. The third-order valence-corrected chi connectivity index (χ3v) is 6.59. The molecule has 0 amide bonds. The van der Waals surface area contributed by atoms with Crippen LogP contribution < -0.4 is 0 Å². The minimum Gasteiger partial charge on any atom is -0.505 e. The van der Waals surface area contributed by atoms with Crippen LogP contribution in [0.15, 0.2) is 73.4 Å². The molecule has 3 aromatic heterocycles. The van der Waals surface area contributed by atoms with Crippen LogP contribution in [0.25, 0.3) is 5.69 Å². The van der Waals surface area contributed by atoms with Gasteiger partial charge in [0.25, 0.3) is 0 Å². The molecule has 0 saturated heterocycles. The summed E-state index contributed by atoms with van der Waals surface area (Å²) < 4.78 is 1.96. The molecule has 6 nitrogen and oxygen atoms in total. The zero-order valence-corrected chi connectivity index (χ0v) is 22.9. The molecular weight excluding hydrogens is 458 g/mol. The molecule has 0 aliphatic heterocycles. The van der Waals surface area contributed by atoms with E-state index in [1.807, 2.05) is 53.8 Å². The first-order valence-corrected chi connectivity index (χ1v) is 12.9. The second-order valence-electron chi connectivity index (χ2n) is 11.8. The molecule has 4 rings (SSSR count). The van der Waals surface area contributed by atoms with Gasteiger partial charge in [-0.15, -0.1) is 0 Å². The molecule has 0 atom stereocenters. The number of aromatic nitrogens is 4. The quantitative estimate of drug-likeness (QED) is 0.314. The van der Waals surface area contributed by atoms with E-state index in [0.29, 0.717) is 5.75 Å². The zero-order valence-electron chi connectivity index (χ0n) is 22.9. The van der Waals surface area contributed by atoms with Crippen molar-refractivity contribution in [3.63, 3.8) is 0 Å². The van der Waals surface area contributed by atoms with Crippen LogP contribution in [0.3, 0.4) is 0 Å². The van der Waals surface area contributed by atoms with Crippen LogP contribution in [0.1, 0.15) is 69.8 Å². The van der Waals surface area contributed by atoms with Crippen molar-refractivity contribution in [2.75, 3.05) is 6.54 Å². The van der Waals surface area contributed by atoms with Gasteiger partial charge in [0.15, 0.2) is 0 Å². The molecule has 0 radical (unpaired) electrons. The van der Waals surface area contributed by atoms with E-state index < -0.39 is 0 Å². The predicted molar refractivity (Wildman–Crippen MR) is 149 cm³/mol. The summed E-state index contributed by atoms with van der Waals surface area (Å²) in [5.41, 5.74) is 5.73. The van der Waals surface area contributed by atoms with Gasteiger partial charge in [0.05, 0.1) is 29.1 Å². The van der Waals surface area contributed by atoms with Crippen LogP contribution in [0.4, 0.5) is 0 Å². The van der Waals surface area contributed by atoms with Crippen LogP contribution >= 0.6 is 0 Å². The van der Waals surface area contributed by atoms with Crippen LogP contribution in [0.5, 0.6) is 5.75 Å². The van der Waals surface area contributed by atoms with Crippen LogP contribution in [0, 0.1) is 0 Å². The molecule has 1 aromatic carbocycles. The van der Waals surface area contributed by atoms with Crippen molar-refractivity contribution in [3.05, 3.63) is 102 Å². The average Bonchev–Trinajstić information content (AvgIpc) is 3.31. The van der Waals surface area contributed by atoms with Crippen molar-refractivity contribution in [2.45, 2.75) is 71.9 Å². The topological polar surface area (TPSA) is 67.1 Å². The number of phenolic OH excluding ortho intramolecular Hbond substituents is 1. The van der Waals surface area contributed by atoms with E-state index in [4.69, 9.17) is 4.98 Å². The Bertz CT molecular complexity index is 1260. The van der Waals surface area contributed by atoms with Crippen LogP contribution in [-0.2, 0) is 30.3 Å². The lowest BCUT2D eigenvalue weighted by molar-refractivity contribution is 0.253. The van der Waals surface area contributed by atoms with Crippen molar-refractivity contribution in [3.8, 4) is 11.4 Å². The summed E-state index contributed by atoms with van der Waals surface area (Å²) in [6.45, 7) is 15.3. The third-order valence-electron chi connectivity index (χ3n) is 6.59. The maximum Gasteiger partial charge on any atom is 0.143 e. The maximum absolute atomic E-state index is 11.3. The summed E-state index contributed by atoms with van der Waals surface area (Å²) >= 11 is 0. The number of phenols is 1. The van der Waals surface area contributed by atoms with Gasteiger partial charge < -0.3 is 9.67 Å². The number of pyridine rings is 2. The van der Waals surface area contributed by atoms with Gasteiger partial charge in [-0.25, -0.2) is 4.98 Å². The van der Waals surface area contributed by atoms with Gasteiger partial charge in [0.2, 0.25) is 0 Å². The lowest BCUT2D eigenvalue weighted by Gasteiger charge is -2.27. The minimum absolute atomic E-state index is 0.0384. The van der Waals surface area contributed by atoms with Crippen molar-refractivity contribution in [1.29, 1.82) is 0 Å². The van der Waals surface area contributed by atoms with E-state index >= 15 is 0 Å². The molecule has 0 fully saturated rings. The molecule has 6 heteroatoms. The van der Waals surface area contributed by atoms with Crippen molar-refractivity contribution >= 4 is 0 Å². The highest BCUT2D eigenvalue weighted by Crippen LogP contribution is 2.39. The predicted octanol–water partition coefficient (Wildman–Crippen LogP) is 6.21. The monoisotopic (exact) mass is 497 g/mol. The standard InChI is InChI=1S/C31H39N5O/c1-30(2,3)23-17-27(31(4,5)6)29(37)28(18-23)36-21-26(34-22-36)13-16-35(19-24-11-7-9-14-32-24)20-25-12-8-10-15-33-25/h7-12,14-15,17-18,21-22,37H,13,16,19-20H2,1-6H3. The first-order chi connectivity index (χ1) is 17.5. The Kier molecular flexibility index (Phi) is 7.79. The van der Waals surface area contributed by atoms with Crippen LogP contribution in [-0.4, -0.2) is 36.1 Å². The number of hydrogen-bond donors (Lipinski definition) is 1. The zero-order chi connectivity index (χ0) is 26.6. The molecule has 37 heavy (non-hydrogen) atoms. The fourth-order valence-electron chi connectivity index (χ4n) is 4.37. The van der Waals surface area contributed by atoms with Gasteiger partial charge in [-0.3, -0.25) is 14.9 Å². The molecule has 0 aliphatic carbocycles. The second-order valence-corrected chi connectivity index (χ2v) is 11.8. The molecule has 1 N–H and O–H groups in total. The number of aromatic hydroxyl groups is 1. The van der Waals surface area contributed by atoms with E-state index in [1.54, 1.807) is 0 Å². The Labute approximate surface area is 221 Å². The Hall–Kier alpha value is -3.51. The minimum atomic E-state index is -0.180. The highest BCUT2D eigenvalue weighted by Gasteiger charge is 2.25. The summed E-state index contributed by atoms with van der Waals surface area (Å²) in [5.74, 6) is 0.316. The Morgan fingerprint density at radius 1 is 0.784 bits per heavy atom.